The number of carbonyl (C=O) groups is 1. The van der Waals surface area contributed by atoms with Crippen LogP contribution in [0.15, 0.2) is 30.3 Å². The number of methoxy groups -OCH3 is 2. The van der Waals surface area contributed by atoms with E-state index in [1.54, 1.807) is 43.2 Å². The molecular formula is C22H22ClN3O5. The first-order chi connectivity index (χ1) is 14.9. The minimum atomic E-state index is -0.553. The van der Waals surface area contributed by atoms with Crippen LogP contribution < -0.4 is 9.47 Å². The van der Waals surface area contributed by atoms with Crippen LogP contribution in [0.25, 0.3) is 11.3 Å². The first-order valence-electron chi connectivity index (χ1n) is 9.62. The van der Waals surface area contributed by atoms with E-state index < -0.39 is 6.04 Å². The Morgan fingerprint density at radius 3 is 2.61 bits per heavy atom. The number of H-pyrrole nitrogens is 1. The van der Waals surface area contributed by atoms with Crippen LogP contribution in [0.3, 0.4) is 0 Å². The molecular weight excluding hydrogens is 422 g/mol. The molecule has 31 heavy (non-hydrogen) atoms. The monoisotopic (exact) mass is 443 g/mol. The molecule has 8 nitrogen and oxygen atoms in total. The molecule has 0 saturated carbocycles. The van der Waals surface area contributed by atoms with E-state index in [0.717, 1.165) is 11.1 Å². The molecule has 0 bridgehead atoms. The number of hydrogen-bond donors (Lipinski definition) is 3. The van der Waals surface area contributed by atoms with Gasteiger partial charge in [-0.3, -0.25) is 9.89 Å². The van der Waals surface area contributed by atoms with E-state index in [4.69, 9.17) is 21.1 Å². The number of fused-ring (bicyclic) bond motifs is 1. The van der Waals surface area contributed by atoms with Gasteiger partial charge in [0, 0.05) is 22.7 Å². The Kier molecular flexibility index (Phi) is 5.51. The number of hydrogen-bond acceptors (Lipinski definition) is 6. The first kappa shape index (κ1) is 21.0. The fourth-order valence-corrected chi connectivity index (χ4v) is 4.13. The quantitative estimate of drug-likeness (QED) is 0.539. The molecule has 0 saturated heterocycles. The second-order valence-corrected chi connectivity index (χ2v) is 7.63. The van der Waals surface area contributed by atoms with Crippen LogP contribution >= 0.6 is 11.6 Å². The summed E-state index contributed by atoms with van der Waals surface area (Å²) >= 11 is 6.30. The fraction of sp³-hybridized carbons (Fsp3) is 0.273. The van der Waals surface area contributed by atoms with E-state index in [9.17, 15) is 15.0 Å². The van der Waals surface area contributed by atoms with Crippen LogP contribution in [0.5, 0.6) is 17.2 Å². The van der Waals surface area contributed by atoms with Crippen molar-refractivity contribution in [2.24, 2.45) is 0 Å². The summed E-state index contributed by atoms with van der Waals surface area (Å²) in [5.74, 6) is 0.784. The van der Waals surface area contributed by atoms with E-state index in [0.29, 0.717) is 39.0 Å². The van der Waals surface area contributed by atoms with Crippen molar-refractivity contribution in [1.29, 1.82) is 0 Å². The lowest BCUT2D eigenvalue weighted by Gasteiger charge is -2.26. The standard InChI is InChI=1S/C22H22ClN3O5/c1-11-8-15(28)13(10-14(11)23)19-18-20(25-24-19)22(29)26(6-7-27)21(18)12-4-5-16(30-2)17(9-12)31-3/h4-5,8-10,21,27-28H,6-7H2,1-3H3,(H,24,25)/t21-/m1/s1. The average molecular weight is 444 g/mol. The summed E-state index contributed by atoms with van der Waals surface area (Å²) in [6.07, 6.45) is 0. The first-order valence-corrected chi connectivity index (χ1v) is 10.0. The molecule has 1 aliphatic rings. The molecule has 0 fully saturated rings. The number of nitrogens with one attached hydrogen (secondary N) is 1. The minimum absolute atomic E-state index is 0.00955. The second-order valence-electron chi connectivity index (χ2n) is 7.22. The number of phenolic OH excluding ortho intramolecular Hbond substituents is 1. The Morgan fingerprint density at radius 1 is 1.19 bits per heavy atom. The number of amides is 1. The molecule has 4 rings (SSSR count). The van der Waals surface area contributed by atoms with Crippen LogP contribution in [0.4, 0.5) is 0 Å². The predicted molar refractivity (Wildman–Crippen MR) is 115 cm³/mol. The minimum Gasteiger partial charge on any atom is -0.507 e. The number of aromatic amines is 1. The van der Waals surface area contributed by atoms with Crippen molar-refractivity contribution in [3.05, 3.63) is 57.7 Å². The Hall–Kier alpha value is -3.23. The molecule has 1 aromatic heterocycles. The van der Waals surface area contributed by atoms with Crippen LogP contribution in [0, 0.1) is 6.92 Å². The molecule has 0 radical (unpaired) electrons. The Morgan fingerprint density at radius 2 is 1.94 bits per heavy atom. The molecule has 1 aliphatic heterocycles. The maximum absolute atomic E-state index is 13.1. The maximum atomic E-state index is 13.1. The highest BCUT2D eigenvalue weighted by Gasteiger charge is 2.42. The second kappa shape index (κ2) is 8.13. The van der Waals surface area contributed by atoms with Gasteiger partial charge in [-0.1, -0.05) is 17.7 Å². The van der Waals surface area contributed by atoms with Gasteiger partial charge in [0.1, 0.15) is 17.1 Å². The number of benzene rings is 2. The highest BCUT2D eigenvalue weighted by atomic mass is 35.5. The van der Waals surface area contributed by atoms with E-state index in [2.05, 4.69) is 10.2 Å². The number of aryl methyl sites for hydroxylation is 1. The van der Waals surface area contributed by atoms with Crippen molar-refractivity contribution in [3.63, 3.8) is 0 Å². The number of aromatic nitrogens is 2. The van der Waals surface area contributed by atoms with Gasteiger partial charge in [-0.25, -0.2) is 0 Å². The number of phenols is 1. The van der Waals surface area contributed by atoms with Gasteiger partial charge in [0.2, 0.25) is 0 Å². The third-order valence-corrected chi connectivity index (χ3v) is 5.87. The average Bonchev–Trinajstić information content (AvgIpc) is 3.30. The van der Waals surface area contributed by atoms with Crippen molar-refractivity contribution in [2.45, 2.75) is 13.0 Å². The van der Waals surface area contributed by atoms with E-state index in [1.807, 2.05) is 6.07 Å². The number of ether oxygens (including phenoxy) is 2. The summed E-state index contributed by atoms with van der Waals surface area (Å²) in [6.45, 7) is 1.71. The van der Waals surface area contributed by atoms with Crippen molar-refractivity contribution in [2.75, 3.05) is 27.4 Å². The van der Waals surface area contributed by atoms with Crippen molar-refractivity contribution < 1.29 is 24.5 Å². The van der Waals surface area contributed by atoms with E-state index in [-0.39, 0.29) is 24.8 Å². The van der Waals surface area contributed by atoms with Gasteiger partial charge in [-0.15, -0.1) is 0 Å². The Balaban J connectivity index is 1.93. The number of carbonyl (C=O) groups excluding carboxylic acids is 1. The summed E-state index contributed by atoms with van der Waals surface area (Å²) in [4.78, 5) is 14.7. The number of β-amino-alcohol motifs (C(OH)–C–C–N with tert-alkyl or cyclic N) is 1. The Bertz CT molecular complexity index is 1160. The zero-order valence-corrected chi connectivity index (χ0v) is 18.0. The lowest BCUT2D eigenvalue weighted by atomic mass is 9.95. The van der Waals surface area contributed by atoms with Crippen LogP contribution in [-0.4, -0.2) is 58.6 Å². The molecule has 3 N–H and O–H groups in total. The van der Waals surface area contributed by atoms with Gasteiger partial charge in [0.25, 0.3) is 5.91 Å². The zero-order valence-electron chi connectivity index (χ0n) is 17.3. The fourth-order valence-electron chi connectivity index (χ4n) is 3.97. The number of halogens is 1. The molecule has 0 unspecified atom stereocenters. The third kappa shape index (κ3) is 3.37. The molecule has 0 spiro atoms. The third-order valence-electron chi connectivity index (χ3n) is 5.46. The highest BCUT2D eigenvalue weighted by Crippen LogP contribution is 2.46. The summed E-state index contributed by atoms with van der Waals surface area (Å²) in [7, 11) is 3.08. The van der Waals surface area contributed by atoms with Gasteiger partial charge >= 0.3 is 0 Å². The van der Waals surface area contributed by atoms with Gasteiger partial charge in [-0.2, -0.15) is 5.10 Å². The summed E-state index contributed by atoms with van der Waals surface area (Å²) in [5, 5.41) is 27.8. The molecule has 3 aromatic rings. The normalized spacial score (nSPS) is 15.3. The van der Waals surface area contributed by atoms with Gasteiger partial charge in [0.15, 0.2) is 11.5 Å². The number of aliphatic hydroxyl groups is 1. The molecule has 0 aliphatic carbocycles. The topological polar surface area (TPSA) is 108 Å². The molecule has 2 heterocycles. The number of rotatable bonds is 6. The van der Waals surface area contributed by atoms with Crippen molar-refractivity contribution in [1.82, 2.24) is 15.1 Å². The van der Waals surface area contributed by atoms with Crippen LogP contribution in [0.1, 0.15) is 33.2 Å². The molecule has 9 heteroatoms. The predicted octanol–water partition coefficient (Wildman–Crippen LogP) is 3.30. The molecule has 1 atom stereocenters. The molecule has 162 valence electrons. The summed E-state index contributed by atoms with van der Waals surface area (Å²) in [5.41, 5.74) is 3.21. The van der Waals surface area contributed by atoms with E-state index >= 15 is 0 Å². The molecule has 1 amide bonds. The van der Waals surface area contributed by atoms with Crippen molar-refractivity contribution >= 4 is 17.5 Å². The van der Waals surface area contributed by atoms with Crippen molar-refractivity contribution in [3.8, 4) is 28.5 Å². The number of nitrogens with zero attached hydrogens (tertiary/aromatic N) is 2. The lowest BCUT2D eigenvalue weighted by Crippen LogP contribution is -2.32. The summed E-state index contributed by atoms with van der Waals surface area (Å²) in [6, 6.07) is 8.02. The maximum Gasteiger partial charge on any atom is 0.273 e. The SMILES string of the molecule is COc1ccc([C@@H]2c3c(-c4cc(Cl)c(C)cc4O)n[nH]c3C(=O)N2CCO)cc1OC. The lowest BCUT2D eigenvalue weighted by molar-refractivity contribution is 0.0706. The summed E-state index contributed by atoms with van der Waals surface area (Å²) < 4.78 is 10.8. The van der Waals surface area contributed by atoms with Crippen LogP contribution in [0.2, 0.25) is 5.02 Å². The van der Waals surface area contributed by atoms with Gasteiger partial charge in [-0.05, 0) is 42.3 Å². The zero-order chi connectivity index (χ0) is 22.3. The largest absolute Gasteiger partial charge is 0.507 e. The number of aromatic hydroxyl groups is 1. The van der Waals surface area contributed by atoms with Gasteiger partial charge in [0.05, 0.1) is 26.9 Å². The van der Waals surface area contributed by atoms with Crippen LogP contribution in [-0.2, 0) is 0 Å². The van der Waals surface area contributed by atoms with E-state index in [1.165, 1.54) is 7.11 Å². The number of aliphatic hydroxyl groups excluding tert-OH is 1. The smallest absolute Gasteiger partial charge is 0.273 e. The van der Waals surface area contributed by atoms with Gasteiger partial charge < -0.3 is 24.6 Å². The highest BCUT2D eigenvalue weighted by molar-refractivity contribution is 6.31. The Labute approximate surface area is 184 Å². The molecule has 2 aromatic carbocycles.